The highest BCUT2D eigenvalue weighted by atomic mass is 32.1. The lowest BCUT2D eigenvalue weighted by Gasteiger charge is -2.19. The monoisotopic (exact) mass is 694 g/mol. The SMILES string of the molecule is Cc1ccccc1-c1c(Nc2ncc(C(=O)c3cnc(Nc4cccc(C(F)(F)F)c4-c4ccccc4C)s3)s2)cccc1C(F)(F)F. The number of thiazole rings is 2. The number of anilines is 4. The molecule has 0 atom stereocenters. The summed E-state index contributed by atoms with van der Waals surface area (Å²) in [5, 5.41) is 6.31. The fourth-order valence-electron chi connectivity index (χ4n) is 5.30. The van der Waals surface area contributed by atoms with Gasteiger partial charge in [0.15, 0.2) is 10.3 Å². The van der Waals surface area contributed by atoms with Crippen LogP contribution in [0.3, 0.4) is 0 Å². The Morgan fingerprint density at radius 2 is 0.979 bits per heavy atom. The topological polar surface area (TPSA) is 66.9 Å². The third-order valence-corrected chi connectivity index (χ3v) is 9.33. The van der Waals surface area contributed by atoms with E-state index in [9.17, 15) is 31.1 Å². The predicted octanol–water partition coefficient (Wildman–Crippen LogP) is 11.3. The van der Waals surface area contributed by atoms with Crippen molar-refractivity contribution in [3.05, 3.63) is 129 Å². The molecular formula is C35H24F6N4OS2. The molecule has 2 heterocycles. The number of nitrogens with zero attached hydrogens (tertiary/aromatic N) is 2. The zero-order valence-corrected chi connectivity index (χ0v) is 26.8. The van der Waals surface area contributed by atoms with Crippen molar-refractivity contribution in [2.24, 2.45) is 0 Å². The van der Waals surface area contributed by atoms with E-state index in [0.717, 1.165) is 34.8 Å². The minimum atomic E-state index is -4.62. The zero-order chi connectivity index (χ0) is 34.2. The molecule has 0 aliphatic heterocycles. The molecule has 6 rings (SSSR count). The predicted molar refractivity (Wildman–Crippen MR) is 177 cm³/mol. The van der Waals surface area contributed by atoms with Crippen LogP contribution in [-0.2, 0) is 12.4 Å². The van der Waals surface area contributed by atoms with Crippen LogP contribution in [0.4, 0.5) is 48.0 Å². The van der Waals surface area contributed by atoms with Gasteiger partial charge in [-0.3, -0.25) is 4.79 Å². The largest absolute Gasteiger partial charge is 0.417 e. The molecule has 2 aromatic heterocycles. The summed E-state index contributed by atoms with van der Waals surface area (Å²) in [4.78, 5) is 22.3. The number of rotatable bonds is 8. The molecule has 0 radical (unpaired) electrons. The Bertz CT molecular complexity index is 1990. The highest BCUT2D eigenvalue weighted by molar-refractivity contribution is 7.20. The molecule has 0 fully saturated rings. The average molecular weight is 695 g/mol. The molecule has 0 spiro atoms. The fourth-order valence-corrected chi connectivity index (χ4v) is 6.93. The molecule has 0 saturated heterocycles. The molecule has 2 N–H and O–H groups in total. The first-order valence-electron chi connectivity index (χ1n) is 14.3. The van der Waals surface area contributed by atoms with Crippen molar-refractivity contribution in [2.45, 2.75) is 26.2 Å². The molecule has 0 bridgehead atoms. The first-order valence-corrected chi connectivity index (χ1v) is 16.0. The third-order valence-electron chi connectivity index (χ3n) is 7.51. The smallest absolute Gasteiger partial charge is 0.331 e. The summed E-state index contributed by atoms with van der Waals surface area (Å²) in [6.07, 6.45) is -6.61. The molecule has 244 valence electrons. The number of carbonyl (C=O) groups excluding carboxylic acids is 1. The summed E-state index contributed by atoms with van der Waals surface area (Å²) in [6, 6.07) is 21.1. The van der Waals surface area contributed by atoms with Crippen molar-refractivity contribution in [3.63, 3.8) is 0 Å². The van der Waals surface area contributed by atoms with Crippen molar-refractivity contribution >= 4 is 50.1 Å². The Labute approximate surface area is 279 Å². The second kappa shape index (κ2) is 12.9. The second-order valence-corrected chi connectivity index (χ2v) is 12.8. The van der Waals surface area contributed by atoms with Crippen LogP contribution < -0.4 is 10.6 Å². The van der Waals surface area contributed by atoms with Crippen LogP contribution in [0.1, 0.15) is 36.8 Å². The maximum Gasteiger partial charge on any atom is 0.417 e. The molecule has 13 heteroatoms. The third kappa shape index (κ3) is 6.69. The Morgan fingerprint density at radius 3 is 1.35 bits per heavy atom. The lowest BCUT2D eigenvalue weighted by Crippen LogP contribution is -2.09. The van der Waals surface area contributed by atoms with Crippen molar-refractivity contribution in [2.75, 3.05) is 10.6 Å². The summed E-state index contributed by atoms with van der Waals surface area (Å²) < 4.78 is 84.4. The lowest BCUT2D eigenvalue weighted by atomic mass is 9.94. The fraction of sp³-hybridized carbons (Fsp3) is 0.114. The van der Waals surface area contributed by atoms with Gasteiger partial charge >= 0.3 is 12.4 Å². The molecular weight excluding hydrogens is 671 g/mol. The van der Waals surface area contributed by atoms with Gasteiger partial charge in [-0.15, -0.1) is 0 Å². The number of carbonyl (C=O) groups is 1. The standard InChI is InChI=1S/C35H24F6N4OS2/c1-19-9-3-5-11-21(19)29-23(34(36,37)38)13-7-15-25(29)44-32-42-17-27(47-32)31(46)28-18-43-33(48-28)45-26-16-8-14-24(35(39,40)41)30(26)22-12-6-4-10-20(22)2/h3-18H,1-2H3,(H,42,44)(H,43,45). The molecule has 4 aromatic carbocycles. The van der Waals surface area contributed by atoms with Gasteiger partial charge in [0.1, 0.15) is 0 Å². The van der Waals surface area contributed by atoms with Crippen LogP contribution in [-0.4, -0.2) is 15.8 Å². The van der Waals surface area contributed by atoms with E-state index < -0.39 is 29.3 Å². The maximum atomic E-state index is 14.1. The number of halogens is 6. The average Bonchev–Trinajstić information content (AvgIpc) is 3.71. The summed E-state index contributed by atoms with van der Waals surface area (Å²) in [5.74, 6) is -0.447. The lowest BCUT2D eigenvalue weighted by molar-refractivity contribution is -0.137. The Morgan fingerprint density at radius 1 is 0.583 bits per heavy atom. The van der Waals surface area contributed by atoms with Gasteiger partial charge in [-0.25, -0.2) is 9.97 Å². The Balaban J connectivity index is 1.28. The van der Waals surface area contributed by atoms with E-state index in [1.807, 2.05) is 0 Å². The van der Waals surface area contributed by atoms with Crippen LogP contribution in [0, 0.1) is 13.8 Å². The van der Waals surface area contributed by atoms with Crippen molar-refractivity contribution < 1.29 is 31.1 Å². The Kier molecular flexibility index (Phi) is 8.84. The normalized spacial score (nSPS) is 11.8. The Hall–Kier alpha value is -5.01. The van der Waals surface area contributed by atoms with Gasteiger partial charge in [-0.2, -0.15) is 26.3 Å². The minimum absolute atomic E-state index is 0.0380. The summed E-state index contributed by atoms with van der Waals surface area (Å²) in [5.41, 5.74) is 0.735. The van der Waals surface area contributed by atoms with E-state index in [0.29, 0.717) is 22.3 Å². The van der Waals surface area contributed by atoms with Crippen molar-refractivity contribution in [1.29, 1.82) is 0 Å². The molecule has 5 nitrogen and oxygen atoms in total. The van der Waals surface area contributed by atoms with Gasteiger partial charge < -0.3 is 10.6 Å². The van der Waals surface area contributed by atoms with Crippen LogP contribution in [0.5, 0.6) is 0 Å². The van der Waals surface area contributed by atoms with E-state index >= 15 is 0 Å². The second-order valence-electron chi connectivity index (χ2n) is 10.7. The van der Waals surface area contributed by atoms with E-state index in [1.165, 1.54) is 36.7 Å². The van der Waals surface area contributed by atoms with E-state index in [1.54, 1.807) is 62.4 Å². The highest BCUT2D eigenvalue weighted by Gasteiger charge is 2.36. The van der Waals surface area contributed by atoms with Crippen LogP contribution in [0.25, 0.3) is 22.3 Å². The number of hydrogen-bond donors (Lipinski definition) is 2. The number of alkyl halides is 6. The van der Waals surface area contributed by atoms with E-state index in [-0.39, 0.29) is 42.5 Å². The summed E-state index contributed by atoms with van der Waals surface area (Å²) in [7, 11) is 0. The first-order chi connectivity index (χ1) is 22.8. The number of hydrogen-bond acceptors (Lipinski definition) is 7. The molecule has 0 aliphatic carbocycles. The van der Waals surface area contributed by atoms with E-state index in [4.69, 9.17) is 0 Å². The quantitative estimate of drug-likeness (QED) is 0.123. The zero-order valence-electron chi connectivity index (χ0n) is 25.1. The van der Waals surface area contributed by atoms with Gasteiger partial charge in [0.2, 0.25) is 5.78 Å². The molecule has 0 unspecified atom stereocenters. The number of nitrogens with one attached hydrogen (secondary N) is 2. The van der Waals surface area contributed by atoms with Crippen molar-refractivity contribution in [3.8, 4) is 22.3 Å². The van der Waals surface area contributed by atoms with Crippen LogP contribution >= 0.6 is 22.7 Å². The number of ketones is 1. The minimum Gasteiger partial charge on any atom is -0.331 e. The number of benzene rings is 4. The van der Waals surface area contributed by atoms with Crippen LogP contribution in [0.2, 0.25) is 0 Å². The van der Waals surface area contributed by atoms with Gasteiger partial charge in [-0.05, 0) is 60.4 Å². The van der Waals surface area contributed by atoms with Gasteiger partial charge in [0, 0.05) is 22.5 Å². The number of aryl methyl sites for hydroxylation is 2. The van der Waals surface area contributed by atoms with E-state index in [2.05, 4.69) is 20.6 Å². The molecule has 0 amide bonds. The molecule has 0 saturated carbocycles. The molecule has 0 aliphatic rings. The summed E-state index contributed by atoms with van der Waals surface area (Å²) >= 11 is 1.90. The van der Waals surface area contributed by atoms with Gasteiger partial charge in [0.05, 0.1) is 33.3 Å². The van der Waals surface area contributed by atoms with Crippen molar-refractivity contribution in [1.82, 2.24) is 9.97 Å². The maximum absolute atomic E-state index is 14.1. The molecule has 6 aromatic rings. The number of aromatic nitrogens is 2. The van der Waals surface area contributed by atoms with Gasteiger partial charge in [0.25, 0.3) is 0 Å². The first kappa shape index (κ1) is 32.9. The van der Waals surface area contributed by atoms with Crippen LogP contribution in [0.15, 0.2) is 97.3 Å². The summed E-state index contributed by atoms with van der Waals surface area (Å²) in [6.45, 7) is 3.45. The van der Waals surface area contributed by atoms with Gasteiger partial charge in [-0.1, -0.05) is 83.3 Å². The molecule has 48 heavy (non-hydrogen) atoms. The highest BCUT2D eigenvalue weighted by Crippen LogP contribution is 2.45.